The summed E-state index contributed by atoms with van der Waals surface area (Å²) in [6, 6.07) is 7.20. The standard InChI is InChI=1S/C16H21NO3/c1-20-14-9-7-12(8-10-14)15(18)11-17-16(19)13-5-3-2-4-6-13/h2-3,7-10,13,15,18H,4-6,11H2,1H3,(H,17,19). The van der Waals surface area contributed by atoms with Crippen molar-refractivity contribution in [3.63, 3.8) is 0 Å². The smallest absolute Gasteiger partial charge is 0.223 e. The molecule has 0 heterocycles. The molecule has 0 radical (unpaired) electrons. The van der Waals surface area contributed by atoms with Gasteiger partial charge in [-0.05, 0) is 37.0 Å². The minimum absolute atomic E-state index is 0.0295. The molecule has 0 saturated heterocycles. The summed E-state index contributed by atoms with van der Waals surface area (Å²) < 4.78 is 5.07. The van der Waals surface area contributed by atoms with Crippen molar-refractivity contribution in [2.45, 2.75) is 25.4 Å². The van der Waals surface area contributed by atoms with E-state index in [4.69, 9.17) is 4.74 Å². The van der Waals surface area contributed by atoms with Gasteiger partial charge in [0.25, 0.3) is 0 Å². The topological polar surface area (TPSA) is 58.6 Å². The van der Waals surface area contributed by atoms with Crippen LogP contribution in [-0.2, 0) is 4.79 Å². The number of nitrogens with one attached hydrogen (secondary N) is 1. The summed E-state index contributed by atoms with van der Waals surface area (Å²) >= 11 is 0. The van der Waals surface area contributed by atoms with Crippen molar-refractivity contribution < 1.29 is 14.6 Å². The van der Waals surface area contributed by atoms with E-state index in [0.29, 0.717) is 0 Å². The summed E-state index contributed by atoms with van der Waals surface area (Å²) in [5.41, 5.74) is 0.773. The molecule has 1 aliphatic rings. The van der Waals surface area contributed by atoms with Crippen LogP contribution in [0.3, 0.4) is 0 Å². The molecule has 108 valence electrons. The second-order valence-corrected chi connectivity index (χ2v) is 5.02. The number of ether oxygens (including phenoxy) is 1. The molecule has 0 spiro atoms. The third-order valence-electron chi connectivity index (χ3n) is 3.61. The van der Waals surface area contributed by atoms with Crippen LogP contribution in [0.4, 0.5) is 0 Å². The van der Waals surface area contributed by atoms with Gasteiger partial charge in [0.2, 0.25) is 5.91 Å². The van der Waals surface area contributed by atoms with Crippen LogP contribution in [0.25, 0.3) is 0 Å². The second-order valence-electron chi connectivity index (χ2n) is 5.02. The molecular formula is C16H21NO3. The van der Waals surface area contributed by atoms with E-state index in [-0.39, 0.29) is 18.4 Å². The zero-order valence-corrected chi connectivity index (χ0v) is 11.7. The summed E-state index contributed by atoms with van der Waals surface area (Å²) in [4.78, 5) is 12.0. The number of hydrogen-bond donors (Lipinski definition) is 2. The third-order valence-corrected chi connectivity index (χ3v) is 3.61. The highest BCUT2D eigenvalue weighted by Gasteiger charge is 2.19. The maximum atomic E-state index is 12.0. The number of methoxy groups -OCH3 is 1. The highest BCUT2D eigenvalue weighted by Crippen LogP contribution is 2.19. The van der Waals surface area contributed by atoms with Crippen molar-refractivity contribution in [2.24, 2.45) is 5.92 Å². The number of benzene rings is 1. The fourth-order valence-electron chi connectivity index (χ4n) is 2.32. The van der Waals surface area contributed by atoms with Crippen LogP contribution < -0.4 is 10.1 Å². The Balaban J connectivity index is 1.83. The molecule has 0 aromatic heterocycles. The maximum absolute atomic E-state index is 12.0. The van der Waals surface area contributed by atoms with E-state index in [1.807, 2.05) is 6.08 Å². The average molecular weight is 275 g/mol. The van der Waals surface area contributed by atoms with E-state index in [9.17, 15) is 9.90 Å². The molecule has 1 aliphatic carbocycles. The van der Waals surface area contributed by atoms with Gasteiger partial charge >= 0.3 is 0 Å². The van der Waals surface area contributed by atoms with Crippen LogP contribution in [0.1, 0.15) is 30.9 Å². The molecule has 2 rings (SSSR count). The van der Waals surface area contributed by atoms with Crippen LogP contribution in [0, 0.1) is 5.92 Å². The number of aliphatic hydroxyl groups is 1. The molecule has 1 aromatic carbocycles. The molecule has 0 fully saturated rings. The SMILES string of the molecule is COc1ccc(C(O)CNC(=O)C2CC=CCC2)cc1. The quantitative estimate of drug-likeness (QED) is 0.810. The molecule has 2 atom stereocenters. The molecule has 0 bridgehead atoms. The Hall–Kier alpha value is -1.81. The zero-order chi connectivity index (χ0) is 14.4. The normalized spacial score (nSPS) is 19.4. The average Bonchev–Trinajstić information content (AvgIpc) is 2.53. The van der Waals surface area contributed by atoms with Gasteiger partial charge in [-0.2, -0.15) is 0 Å². The molecule has 4 nitrogen and oxygen atoms in total. The molecule has 2 unspecified atom stereocenters. The molecule has 1 amide bonds. The van der Waals surface area contributed by atoms with Crippen molar-refractivity contribution in [2.75, 3.05) is 13.7 Å². The fraction of sp³-hybridized carbons (Fsp3) is 0.438. The lowest BCUT2D eigenvalue weighted by molar-refractivity contribution is -0.125. The van der Waals surface area contributed by atoms with Gasteiger partial charge in [0.15, 0.2) is 0 Å². The Morgan fingerprint density at radius 1 is 1.40 bits per heavy atom. The molecule has 2 N–H and O–H groups in total. The van der Waals surface area contributed by atoms with Crippen molar-refractivity contribution in [3.05, 3.63) is 42.0 Å². The van der Waals surface area contributed by atoms with Gasteiger partial charge in [-0.15, -0.1) is 0 Å². The number of amides is 1. The first kappa shape index (κ1) is 14.6. The molecule has 4 heteroatoms. The summed E-state index contributed by atoms with van der Waals surface area (Å²) in [7, 11) is 1.60. The first-order valence-corrected chi connectivity index (χ1v) is 6.95. The number of allylic oxidation sites excluding steroid dienone is 2. The van der Waals surface area contributed by atoms with Crippen LogP contribution >= 0.6 is 0 Å². The Morgan fingerprint density at radius 3 is 2.75 bits per heavy atom. The van der Waals surface area contributed by atoms with Gasteiger partial charge in [0.05, 0.1) is 13.2 Å². The maximum Gasteiger partial charge on any atom is 0.223 e. The molecule has 1 aromatic rings. The molecular weight excluding hydrogens is 254 g/mol. The van der Waals surface area contributed by atoms with E-state index in [2.05, 4.69) is 11.4 Å². The van der Waals surface area contributed by atoms with Crippen LogP contribution in [0.2, 0.25) is 0 Å². The Bertz CT molecular complexity index is 467. The Labute approximate surface area is 119 Å². The van der Waals surface area contributed by atoms with Crippen molar-refractivity contribution in [1.82, 2.24) is 5.32 Å². The zero-order valence-electron chi connectivity index (χ0n) is 11.7. The van der Waals surface area contributed by atoms with Crippen molar-refractivity contribution in [3.8, 4) is 5.75 Å². The predicted molar refractivity (Wildman–Crippen MR) is 77.4 cm³/mol. The van der Waals surface area contributed by atoms with Crippen LogP contribution in [0.5, 0.6) is 5.75 Å². The number of carbonyl (C=O) groups excluding carboxylic acids is 1. The van der Waals surface area contributed by atoms with Crippen LogP contribution in [0.15, 0.2) is 36.4 Å². The predicted octanol–water partition coefficient (Wildman–Crippen LogP) is 2.20. The van der Waals surface area contributed by atoms with E-state index < -0.39 is 6.10 Å². The van der Waals surface area contributed by atoms with Crippen LogP contribution in [-0.4, -0.2) is 24.7 Å². The Kier molecular flexibility index (Phi) is 5.18. The lowest BCUT2D eigenvalue weighted by Crippen LogP contribution is -2.34. The fourth-order valence-corrected chi connectivity index (χ4v) is 2.32. The summed E-state index contributed by atoms with van der Waals surface area (Å²) in [5, 5.41) is 12.9. The monoisotopic (exact) mass is 275 g/mol. The van der Waals surface area contributed by atoms with Gasteiger partial charge in [-0.3, -0.25) is 4.79 Å². The number of rotatable bonds is 5. The lowest BCUT2D eigenvalue weighted by atomic mass is 9.93. The highest BCUT2D eigenvalue weighted by atomic mass is 16.5. The van der Waals surface area contributed by atoms with Gasteiger partial charge in [-0.1, -0.05) is 24.3 Å². The molecule has 0 saturated carbocycles. The number of carbonyl (C=O) groups is 1. The van der Waals surface area contributed by atoms with E-state index in [1.165, 1.54) is 0 Å². The minimum Gasteiger partial charge on any atom is -0.497 e. The third kappa shape index (κ3) is 3.84. The van der Waals surface area contributed by atoms with Gasteiger partial charge in [0.1, 0.15) is 5.75 Å². The van der Waals surface area contributed by atoms with Crippen molar-refractivity contribution >= 4 is 5.91 Å². The second kappa shape index (κ2) is 7.10. The summed E-state index contributed by atoms with van der Waals surface area (Å²) in [6.07, 6.45) is 6.11. The van der Waals surface area contributed by atoms with E-state index in [0.717, 1.165) is 30.6 Å². The summed E-state index contributed by atoms with van der Waals surface area (Å²) in [6.45, 7) is 0.241. The molecule has 20 heavy (non-hydrogen) atoms. The first-order valence-electron chi connectivity index (χ1n) is 6.95. The van der Waals surface area contributed by atoms with Gasteiger partial charge in [-0.25, -0.2) is 0 Å². The Morgan fingerprint density at radius 2 is 2.15 bits per heavy atom. The lowest BCUT2D eigenvalue weighted by Gasteiger charge is -2.19. The minimum atomic E-state index is -0.691. The number of hydrogen-bond acceptors (Lipinski definition) is 3. The first-order chi connectivity index (χ1) is 9.70. The number of aliphatic hydroxyl groups excluding tert-OH is 1. The summed E-state index contributed by atoms with van der Waals surface area (Å²) in [5.74, 6) is 0.823. The van der Waals surface area contributed by atoms with Gasteiger partial charge < -0.3 is 15.2 Å². The largest absolute Gasteiger partial charge is 0.497 e. The van der Waals surface area contributed by atoms with E-state index in [1.54, 1.807) is 31.4 Å². The highest BCUT2D eigenvalue weighted by molar-refractivity contribution is 5.79. The molecule has 0 aliphatic heterocycles. The van der Waals surface area contributed by atoms with E-state index >= 15 is 0 Å². The van der Waals surface area contributed by atoms with Crippen molar-refractivity contribution in [1.29, 1.82) is 0 Å². The van der Waals surface area contributed by atoms with Gasteiger partial charge in [0, 0.05) is 12.5 Å².